The first-order valence-electron chi connectivity index (χ1n) is 7.52. The fourth-order valence-electron chi connectivity index (χ4n) is 2.42. The molecule has 1 aliphatic heterocycles. The fourth-order valence-corrected chi connectivity index (χ4v) is 3.05. The number of hydrogen-bond acceptors (Lipinski definition) is 4. The van der Waals surface area contributed by atoms with Gasteiger partial charge in [-0.25, -0.2) is 0 Å². The van der Waals surface area contributed by atoms with E-state index in [1.165, 1.54) is 11.3 Å². The van der Waals surface area contributed by atoms with Crippen molar-refractivity contribution in [2.45, 2.75) is 32.2 Å². The second-order valence-corrected chi connectivity index (χ2v) is 6.30. The Kier molecular flexibility index (Phi) is 6.20. The van der Waals surface area contributed by atoms with E-state index in [0.29, 0.717) is 6.54 Å². The van der Waals surface area contributed by atoms with E-state index in [1.54, 1.807) is 0 Å². The van der Waals surface area contributed by atoms with Crippen molar-refractivity contribution < 1.29 is 9.59 Å². The second-order valence-electron chi connectivity index (χ2n) is 5.35. The lowest BCUT2D eigenvalue weighted by atomic mass is 10.0. The number of carbonyl (C=O) groups is 2. The van der Waals surface area contributed by atoms with E-state index in [9.17, 15) is 9.59 Å². The first-order chi connectivity index (χ1) is 10.2. The highest BCUT2D eigenvalue weighted by molar-refractivity contribution is 7.12. The summed E-state index contributed by atoms with van der Waals surface area (Å²) < 4.78 is 0. The number of thiophene rings is 1. The fraction of sp³-hybridized carbons (Fsp3) is 0.600. The topological polar surface area (TPSA) is 61.4 Å². The zero-order valence-corrected chi connectivity index (χ0v) is 13.2. The van der Waals surface area contributed by atoms with Gasteiger partial charge >= 0.3 is 0 Å². The Morgan fingerprint density at radius 3 is 2.76 bits per heavy atom. The number of carbonyl (C=O) groups excluding carboxylic acids is 2. The molecule has 1 fully saturated rings. The number of rotatable bonds is 6. The molecule has 1 aromatic rings. The number of nitrogens with zero attached hydrogens (tertiary/aromatic N) is 1. The summed E-state index contributed by atoms with van der Waals surface area (Å²) in [6.45, 7) is 4.96. The zero-order chi connectivity index (χ0) is 15.1. The molecule has 0 spiro atoms. The maximum Gasteiger partial charge on any atom is 0.261 e. The van der Waals surface area contributed by atoms with Crippen molar-refractivity contribution >= 4 is 23.2 Å². The molecule has 2 heterocycles. The highest BCUT2D eigenvalue weighted by atomic mass is 32.1. The largest absolute Gasteiger partial charge is 0.355 e. The van der Waals surface area contributed by atoms with Crippen LogP contribution in [0.15, 0.2) is 17.5 Å². The molecule has 0 unspecified atom stereocenters. The van der Waals surface area contributed by atoms with Crippen LogP contribution in [0.1, 0.15) is 35.9 Å². The molecule has 0 aromatic carbocycles. The van der Waals surface area contributed by atoms with Crippen LogP contribution in [0.4, 0.5) is 0 Å². The molecule has 6 heteroatoms. The van der Waals surface area contributed by atoms with Gasteiger partial charge in [0.15, 0.2) is 0 Å². The molecule has 1 aliphatic rings. The minimum absolute atomic E-state index is 0.0177. The lowest BCUT2D eigenvalue weighted by molar-refractivity contribution is -0.122. The van der Waals surface area contributed by atoms with Gasteiger partial charge in [-0.1, -0.05) is 13.0 Å². The van der Waals surface area contributed by atoms with Crippen molar-refractivity contribution in [2.24, 2.45) is 0 Å². The molecular formula is C15H23N3O2S. The van der Waals surface area contributed by atoms with Crippen molar-refractivity contribution in [3.63, 3.8) is 0 Å². The van der Waals surface area contributed by atoms with Crippen LogP contribution in [0.2, 0.25) is 0 Å². The molecule has 1 aromatic heterocycles. The summed E-state index contributed by atoms with van der Waals surface area (Å²) in [5.74, 6) is 0.113. The highest BCUT2D eigenvalue weighted by Crippen LogP contribution is 2.13. The summed E-state index contributed by atoms with van der Waals surface area (Å²) in [7, 11) is 0. The van der Waals surface area contributed by atoms with Gasteiger partial charge in [0.2, 0.25) is 5.91 Å². The van der Waals surface area contributed by atoms with Gasteiger partial charge < -0.3 is 10.6 Å². The Bertz CT molecular complexity index is 453. The van der Waals surface area contributed by atoms with Gasteiger partial charge in [0.25, 0.3) is 5.91 Å². The first-order valence-corrected chi connectivity index (χ1v) is 8.40. The Balaban J connectivity index is 1.68. The molecule has 0 radical (unpaired) electrons. The smallest absolute Gasteiger partial charge is 0.261 e. The molecule has 2 N–H and O–H groups in total. The highest BCUT2D eigenvalue weighted by Gasteiger charge is 2.22. The van der Waals surface area contributed by atoms with Crippen molar-refractivity contribution in [3.8, 4) is 0 Å². The molecule has 21 heavy (non-hydrogen) atoms. The van der Waals surface area contributed by atoms with Crippen molar-refractivity contribution in [3.05, 3.63) is 22.4 Å². The van der Waals surface area contributed by atoms with E-state index in [4.69, 9.17) is 0 Å². The van der Waals surface area contributed by atoms with Crippen molar-refractivity contribution in [1.29, 1.82) is 0 Å². The van der Waals surface area contributed by atoms with Crippen LogP contribution in [0.25, 0.3) is 0 Å². The summed E-state index contributed by atoms with van der Waals surface area (Å²) in [5, 5.41) is 7.88. The van der Waals surface area contributed by atoms with E-state index >= 15 is 0 Å². The van der Waals surface area contributed by atoms with E-state index in [1.807, 2.05) is 24.4 Å². The van der Waals surface area contributed by atoms with Gasteiger partial charge in [-0.05, 0) is 30.7 Å². The maximum absolute atomic E-state index is 12.0. The average molecular weight is 309 g/mol. The summed E-state index contributed by atoms with van der Waals surface area (Å²) in [6, 6.07) is 3.94. The summed E-state index contributed by atoms with van der Waals surface area (Å²) in [4.78, 5) is 26.5. The van der Waals surface area contributed by atoms with Gasteiger partial charge in [-0.3, -0.25) is 14.5 Å². The Hall–Kier alpha value is -1.40. The Morgan fingerprint density at radius 2 is 2.14 bits per heavy atom. The molecule has 5 nitrogen and oxygen atoms in total. The lowest BCUT2D eigenvalue weighted by Gasteiger charge is -2.31. The third-order valence-electron chi connectivity index (χ3n) is 3.61. The zero-order valence-electron chi connectivity index (χ0n) is 12.4. The Morgan fingerprint density at radius 1 is 1.38 bits per heavy atom. The minimum Gasteiger partial charge on any atom is -0.355 e. The van der Waals surface area contributed by atoms with Crippen LogP contribution in [-0.4, -0.2) is 48.9 Å². The predicted octanol–water partition coefficient (Wildman–Crippen LogP) is 1.47. The van der Waals surface area contributed by atoms with Gasteiger partial charge in [0.05, 0.1) is 11.4 Å². The molecule has 2 amide bonds. The van der Waals surface area contributed by atoms with Crippen LogP contribution in [-0.2, 0) is 4.79 Å². The van der Waals surface area contributed by atoms with Crippen LogP contribution >= 0.6 is 11.3 Å². The van der Waals surface area contributed by atoms with E-state index in [2.05, 4.69) is 15.5 Å². The van der Waals surface area contributed by atoms with Gasteiger partial charge in [-0.15, -0.1) is 11.3 Å². The van der Waals surface area contributed by atoms with Crippen LogP contribution in [0.5, 0.6) is 0 Å². The van der Waals surface area contributed by atoms with Gasteiger partial charge in [0, 0.05) is 25.7 Å². The van der Waals surface area contributed by atoms with E-state index in [0.717, 1.165) is 43.8 Å². The first kappa shape index (κ1) is 16.0. The van der Waals surface area contributed by atoms with Gasteiger partial charge in [-0.2, -0.15) is 0 Å². The Labute approximate surface area is 129 Å². The predicted molar refractivity (Wildman–Crippen MR) is 84.5 cm³/mol. The number of hydrogen-bond donors (Lipinski definition) is 2. The molecule has 0 aliphatic carbocycles. The molecule has 0 atom stereocenters. The van der Waals surface area contributed by atoms with Crippen LogP contribution < -0.4 is 10.6 Å². The number of likely N-dealkylation sites (tertiary alicyclic amines) is 1. The van der Waals surface area contributed by atoms with Crippen molar-refractivity contribution in [1.82, 2.24) is 15.5 Å². The molecule has 2 rings (SSSR count). The number of piperidine rings is 1. The molecule has 1 saturated heterocycles. The quantitative estimate of drug-likeness (QED) is 0.836. The van der Waals surface area contributed by atoms with Crippen LogP contribution in [0.3, 0.4) is 0 Å². The number of nitrogens with one attached hydrogen (secondary N) is 2. The number of amides is 2. The monoisotopic (exact) mass is 309 g/mol. The standard InChI is InChI=1S/C15H23N3O2S/c1-2-7-16-14(19)11-18-8-5-12(6-9-18)17-15(20)13-4-3-10-21-13/h3-4,10,12H,2,5-9,11H2,1H3,(H,16,19)(H,17,20). The summed E-state index contributed by atoms with van der Waals surface area (Å²) >= 11 is 1.46. The molecule has 116 valence electrons. The van der Waals surface area contributed by atoms with E-state index < -0.39 is 0 Å². The third-order valence-corrected chi connectivity index (χ3v) is 4.48. The normalized spacial score (nSPS) is 16.6. The average Bonchev–Trinajstić information content (AvgIpc) is 3.01. The molecular weight excluding hydrogens is 286 g/mol. The SMILES string of the molecule is CCCNC(=O)CN1CCC(NC(=O)c2cccs2)CC1. The minimum atomic E-state index is 0.0177. The summed E-state index contributed by atoms with van der Waals surface area (Å²) in [6.07, 6.45) is 2.76. The molecule has 0 saturated carbocycles. The lowest BCUT2D eigenvalue weighted by Crippen LogP contribution is -2.47. The second kappa shape index (κ2) is 8.14. The van der Waals surface area contributed by atoms with Crippen molar-refractivity contribution in [2.75, 3.05) is 26.2 Å². The van der Waals surface area contributed by atoms with E-state index in [-0.39, 0.29) is 17.9 Å². The third kappa shape index (κ3) is 5.13. The van der Waals surface area contributed by atoms with Crippen LogP contribution in [0, 0.1) is 0 Å². The van der Waals surface area contributed by atoms with Gasteiger partial charge in [0.1, 0.15) is 0 Å². The maximum atomic E-state index is 12.0. The molecule has 0 bridgehead atoms. The summed E-state index contributed by atoms with van der Waals surface area (Å²) in [5.41, 5.74) is 0.